The van der Waals surface area contributed by atoms with E-state index < -0.39 is 17.9 Å². The van der Waals surface area contributed by atoms with Crippen LogP contribution >= 0.6 is 0 Å². The second-order valence-corrected chi connectivity index (χ2v) is 8.95. The fourth-order valence-corrected chi connectivity index (χ4v) is 3.47. The summed E-state index contributed by atoms with van der Waals surface area (Å²) in [7, 11) is 3.03. The maximum absolute atomic E-state index is 12.1. The number of carboxylic acids is 1. The maximum atomic E-state index is 12.1. The van der Waals surface area contributed by atoms with Crippen LogP contribution in [0.2, 0.25) is 0 Å². The summed E-state index contributed by atoms with van der Waals surface area (Å²) in [5.74, 6) is 0.700. The minimum absolute atomic E-state index is 0.0402. The van der Waals surface area contributed by atoms with Crippen LogP contribution in [0.25, 0.3) is 11.4 Å². The second kappa shape index (κ2) is 15.1. The Kier molecular flexibility index (Phi) is 11.9. The summed E-state index contributed by atoms with van der Waals surface area (Å²) >= 11 is 0. The molecule has 6 N–H and O–H groups in total. The van der Waals surface area contributed by atoms with Crippen LogP contribution in [0.4, 0.5) is 0 Å². The Morgan fingerprint density at radius 1 is 1.10 bits per heavy atom. The van der Waals surface area contributed by atoms with Gasteiger partial charge in [-0.25, -0.2) is 9.79 Å². The molecule has 12 heteroatoms. The second-order valence-electron chi connectivity index (χ2n) is 8.95. The number of nitrogens with zero attached hydrogens (tertiary/aromatic N) is 3. The van der Waals surface area contributed by atoms with Crippen LogP contribution in [0.15, 0.2) is 52.0 Å². The number of nitrogens with one attached hydrogen (secondary N) is 1. The molecule has 0 radical (unpaired) electrons. The number of rotatable bonds is 10. The Balaban J connectivity index is 0.000000318. The number of hydrogen-bond acceptors (Lipinski definition) is 9. The predicted octanol–water partition coefficient (Wildman–Crippen LogP) is 2.68. The monoisotopic (exact) mass is 540 g/mol. The van der Waals surface area contributed by atoms with Crippen molar-refractivity contribution in [2.24, 2.45) is 22.4 Å². The van der Waals surface area contributed by atoms with Gasteiger partial charge in [0.05, 0.1) is 20.6 Å². The van der Waals surface area contributed by atoms with Crippen LogP contribution < -0.4 is 26.3 Å². The van der Waals surface area contributed by atoms with Gasteiger partial charge in [-0.2, -0.15) is 4.98 Å². The number of aryl methyl sites for hydroxylation is 1. The van der Waals surface area contributed by atoms with Gasteiger partial charge >= 0.3 is 5.97 Å². The zero-order chi connectivity index (χ0) is 28.9. The lowest BCUT2D eigenvalue weighted by Crippen LogP contribution is -2.39. The number of amides is 1. The Hall–Kier alpha value is -4.45. The van der Waals surface area contributed by atoms with Crippen LogP contribution in [0.5, 0.6) is 11.5 Å². The van der Waals surface area contributed by atoms with Crippen molar-refractivity contribution in [2.45, 2.75) is 46.2 Å². The molecule has 0 saturated carbocycles. The highest BCUT2D eigenvalue weighted by atomic mass is 16.5. The van der Waals surface area contributed by atoms with Gasteiger partial charge in [0.1, 0.15) is 0 Å². The molecule has 0 aliphatic heterocycles. The van der Waals surface area contributed by atoms with E-state index in [4.69, 9.17) is 30.6 Å². The topological polar surface area (TPSA) is 188 Å². The fourth-order valence-electron chi connectivity index (χ4n) is 3.47. The summed E-state index contributed by atoms with van der Waals surface area (Å²) in [6.45, 7) is 6.06. The number of methoxy groups -OCH3 is 2. The maximum Gasteiger partial charge on any atom is 0.328 e. The normalized spacial score (nSPS) is 11.8. The summed E-state index contributed by atoms with van der Waals surface area (Å²) in [6.07, 6.45) is 0.375. The summed E-state index contributed by atoms with van der Waals surface area (Å²) in [5, 5.41) is 15.4. The number of ether oxygens (including phenoxy) is 2. The van der Waals surface area contributed by atoms with Crippen LogP contribution in [-0.2, 0) is 22.6 Å². The van der Waals surface area contributed by atoms with Crippen LogP contribution in [0.3, 0.4) is 0 Å². The molecule has 1 heterocycles. The molecule has 2 aromatic carbocycles. The fraction of sp³-hybridized carbons (Fsp3) is 0.370. The van der Waals surface area contributed by atoms with Crippen molar-refractivity contribution in [3.05, 3.63) is 59.5 Å². The summed E-state index contributed by atoms with van der Waals surface area (Å²) in [6, 6.07) is 11.9. The van der Waals surface area contributed by atoms with Gasteiger partial charge in [-0.05, 0) is 41.7 Å². The van der Waals surface area contributed by atoms with E-state index in [9.17, 15) is 9.59 Å². The van der Waals surface area contributed by atoms with E-state index in [-0.39, 0.29) is 18.3 Å². The van der Waals surface area contributed by atoms with Gasteiger partial charge in [0, 0.05) is 19.0 Å². The molecule has 1 amide bonds. The van der Waals surface area contributed by atoms with Gasteiger partial charge in [0.2, 0.25) is 17.6 Å². The molecule has 1 aromatic heterocycles. The number of aromatic nitrogens is 2. The average molecular weight is 541 g/mol. The Morgan fingerprint density at radius 3 is 2.38 bits per heavy atom. The zero-order valence-corrected chi connectivity index (χ0v) is 22.8. The Bertz CT molecular complexity index is 1270. The van der Waals surface area contributed by atoms with E-state index in [0.29, 0.717) is 41.7 Å². The number of hydrogen-bond donors (Lipinski definition) is 4. The highest BCUT2D eigenvalue weighted by molar-refractivity contribution is 5.97. The van der Waals surface area contributed by atoms with Gasteiger partial charge in [-0.3, -0.25) is 10.1 Å². The van der Waals surface area contributed by atoms with Crippen LogP contribution in [0.1, 0.15) is 37.3 Å². The molecule has 12 nitrogen and oxygen atoms in total. The molecule has 0 fully saturated rings. The third-order valence-corrected chi connectivity index (χ3v) is 5.30. The Morgan fingerprint density at radius 2 is 1.82 bits per heavy atom. The van der Waals surface area contributed by atoms with Gasteiger partial charge in [0.25, 0.3) is 0 Å². The number of nitrogens with two attached hydrogens (primary N) is 2. The third kappa shape index (κ3) is 10.1. The number of aliphatic carboxylic acids is 1. The van der Waals surface area contributed by atoms with Gasteiger partial charge < -0.3 is 30.6 Å². The number of carbonyl (C=O) groups is 2. The summed E-state index contributed by atoms with van der Waals surface area (Å²) in [4.78, 5) is 31.3. The zero-order valence-electron chi connectivity index (χ0n) is 22.8. The van der Waals surface area contributed by atoms with E-state index in [1.54, 1.807) is 25.1 Å². The minimum atomic E-state index is -1.08. The van der Waals surface area contributed by atoms with E-state index >= 15 is 0 Å². The molecule has 0 aliphatic carbocycles. The van der Waals surface area contributed by atoms with Gasteiger partial charge in [-0.15, -0.1) is 0 Å². The van der Waals surface area contributed by atoms with E-state index in [0.717, 1.165) is 11.1 Å². The van der Waals surface area contributed by atoms with E-state index in [1.807, 2.05) is 38.1 Å². The first-order valence-corrected chi connectivity index (χ1v) is 12.2. The smallest absolute Gasteiger partial charge is 0.328 e. The van der Waals surface area contributed by atoms with Crippen molar-refractivity contribution in [3.63, 3.8) is 0 Å². The SMILES string of the molecule is COc1ccc(CC(=O)NC(N)=N[C@H](CC(C)C)C(=O)O)cc1OC.Cc1nc(-c2cccc(CN)c2)no1. The molecule has 0 spiro atoms. The first-order chi connectivity index (χ1) is 18.6. The van der Waals surface area contributed by atoms with Crippen molar-refractivity contribution in [1.82, 2.24) is 15.5 Å². The Labute approximate surface area is 227 Å². The van der Waals surface area contributed by atoms with E-state index in [2.05, 4.69) is 20.4 Å². The quantitative estimate of drug-likeness (QED) is 0.220. The number of carbonyl (C=O) groups excluding carboxylic acids is 1. The third-order valence-electron chi connectivity index (χ3n) is 5.30. The van der Waals surface area contributed by atoms with Crippen molar-refractivity contribution >= 4 is 17.8 Å². The number of aliphatic imine (C=N–C) groups is 1. The predicted molar refractivity (Wildman–Crippen MR) is 146 cm³/mol. The average Bonchev–Trinajstić information content (AvgIpc) is 3.34. The molecule has 210 valence electrons. The summed E-state index contributed by atoms with van der Waals surface area (Å²) < 4.78 is 15.2. The molecular weight excluding hydrogens is 504 g/mol. The van der Waals surface area contributed by atoms with Crippen molar-refractivity contribution in [2.75, 3.05) is 14.2 Å². The van der Waals surface area contributed by atoms with Crippen LogP contribution in [0, 0.1) is 12.8 Å². The number of benzene rings is 2. The first-order valence-electron chi connectivity index (χ1n) is 12.2. The lowest BCUT2D eigenvalue weighted by atomic mass is 10.0. The van der Waals surface area contributed by atoms with Crippen LogP contribution in [-0.4, -0.2) is 53.3 Å². The molecule has 0 aliphatic rings. The molecule has 3 rings (SSSR count). The van der Waals surface area contributed by atoms with Crippen molar-refractivity contribution in [3.8, 4) is 22.9 Å². The molecule has 0 unspecified atom stereocenters. The van der Waals surface area contributed by atoms with Crippen molar-refractivity contribution in [1.29, 1.82) is 0 Å². The molecule has 0 bridgehead atoms. The highest BCUT2D eigenvalue weighted by Crippen LogP contribution is 2.27. The largest absolute Gasteiger partial charge is 0.493 e. The molecule has 0 saturated heterocycles. The van der Waals surface area contributed by atoms with Crippen molar-refractivity contribution < 1.29 is 28.7 Å². The first kappa shape index (κ1) is 30.8. The number of guanidine groups is 1. The minimum Gasteiger partial charge on any atom is -0.493 e. The molecule has 39 heavy (non-hydrogen) atoms. The van der Waals surface area contributed by atoms with Gasteiger partial charge in [-0.1, -0.05) is 43.3 Å². The molecule has 3 aromatic rings. The standard InChI is InChI=1S/C17H25N3O5.C10H11N3O/c1-10(2)7-12(16(22)23)19-17(18)20-15(21)9-11-5-6-13(24-3)14(8-11)25-4;1-7-12-10(13-14-7)9-4-2-3-8(5-9)6-11/h5-6,8,10,12H,7,9H2,1-4H3,(H,22,23)(H3,18,19,20,21);2-5H,6,11H2,1H3/t12-;/m1./s1. The number of carboxylic acid groups (broad SMARTS) is 1. The lowest BCUT2D eigenvalue weighted by molar-refractivity contribution is -0.138. The highest BCUT2D eigenvalue weighted by Gasteiger charge is 2.19. The van der Waals surface area contributed by atoms with Gasteiger partial charge in [0.15, 0.2) is 23.5 Å². The molecule has 1 atom stereocenters. The lowest BCUT2D eigenvalue weighted by Gasteiger charge is -2.12. The van der Waals surface area contributed by atoms with E-state index in [1.165, 1.54) is 14.2 Å². The summed E-state index contributed by atoms with van der Waals surface area (Å²) in [5.41, 5.74) is 13.9. The molecular formula is C27H36N6O6.